The monoisotopic (exact) mass is 482 g/mol. The van der Waals surface area contributed by atoms with E-state index >= 15 is 0 Å². The highest BCUT2D eigenvalue weighted by atomic mass is 19.4. The van der Waals surface area contributed by atoms with Gasteiger partial charge in [-0.3, -0.25) is 4.99 Å². The number of aliphatic imine (C=N–C) groups is 2. The Morgan fingerprint density at radius 3 is 2.69 bits per heavy atom. The molecular formula is C24H21F3N6O2. The van der Waals surface area contributed by atoms with Crippen LogP contribution in [0.3, 0.4) is 0 Å². The van der Waals surface area contributed by atoms with Gasteiger partial charge in [0.25, 0.3) is 0 Å². The molecule has 35 heavy (non-hydrogen) atoms. The van der Waals surface area contributed by atoms with Crippen molar-refractivity contribution in [3.8, 4) is 22.9 Å². The molecule has 4 heterocycles. The average Bonchev–Trinajstić information content (AvgIpc) is 2.88. The Morgan fingerprint density at radius 1 is 1.09 bits per heavy atom. The van der Waals surface area contributed by atoms with E-state index in [4.69, 9.17) is 9.47 Å². The van der Waals surface area contributed by atoms with Gasteiger partial charge in [-0.05, 0) is 49.4 Å². The minimum atomic E-state index is -4.65. The van der Waals surface area contributed by atoms with Gasteiger partial charge in [0.2, 0.25) is 11.8 Å². The van der Waals surface area contributed by atoms with E-state index in [-0.39, 0.29) is 28.9 Å². The summed E-state index contributed by atoms with van der Waals surface area (Å²) in [7, 11) is 0. The lowest BCUT2D eigenvalue weighted by Crippen LogP contribution is -2.37. The van der Waals surface area contributed by atoms with E-state index in [1.165, 1.54) is 6.07 Å². The van der Waals surface area contributed by atoms with Crippen molar-refractivity contribution < 1.29 is 22.6 Å². The predicted octanol–water partition coefficient (Wildman–Crippen LogP) is 5.17. The number of rotatable bonds is 5. The molecule has 0 N–H and O–H groups in total. The Labute approximate surface area is 199 Å². The normalized spacial score (nSPS) is 15.6. The van der Waals surface area contributed by atoms with Gasteiger partial charge in [-0.15, -0.1) is 0 Å². The van der Waals surface area contributed by atoms with Gasteiger partial charge < -0.3 is 14.4 Å². The number of ether oxygens (including phenoxy) is 2. The van der Waals surface area contributed by atoms with Crippen LogP contribution in [-0.2, 0) is 17.3 Å². The summed E-state index contributed by atoms with van der Waals surface area (Å²) in [5.41, 5.74) is 0.821. The molecule has 0 spiro atoms. The first kappa shape index (κ1) is 22.9. The minimum absolute atomic E-state index is 0.0366. The standard InChI is InChI=1S/C24H21F3N6O2/c1-28-21-12-18(24(25,26)27)17(14-30-21)20-13-22(32-23(31-20)33-7-9-34-10-8-33)35-16-4-5-19-15(11-16)3-2-6-29-19/h4-6,11-14H,1-3,7-10H2. The molecular weight excluding hydrogens is 461 g/mol. The fourth-order valence-electron chi connectivity index (χ4n) is 3.93. The maximum Gasteiger partial charge on any atom is 0.417 e. The van der Waals surface area contributed by atoms with Gasteiger partial charge in [-0.25, -0.2) is 15.0 Å². The van der Waals surface area contributed by atoms with Crippen molar-refractivity contribution in [3.05, 3.63) is 47.7 Å². The Balaban J connectivity index is 1.59. The largest absolute Gasteiger partial charge is 0.439 e. The fourth-order valence-corrected chi connectivity index (χ4v) is 3.93. The number of benzene rings is 1. The molecule has 8 nitrogen and oxygen atoms in total. The van der Waals surface area contributed by atoms with Crippen LogP contribution in [0.25, 0.3) is 11.3 Å². The van der Waals surface area contributed by atoms with Crippen LogP contribution in [0.15, 0.2) is 46.5 Å². The van der Waals surface area contributed by atoms with Crippen LogP contribution in [-0.4, -0.2) is 54.2 Å². The molecule has 2 aromatic heterocycles. The van der Waals surface area contributed by atoms with Gasteiger partial charge in [0, 0.05) is 37.1 Å². The molecule has 0 radical (unpaired) electrons. The number of nitrogens with zero attached hydrogens (tertiary/aromatic N) is 6. The predicted molar refractivity (Wildman–Crippen MR) is 125 cm³/mol. The van der Waals surface area contributed by atoms with E-state index in [0.29, 0.717) is 32.1 Å². The highest BCUT2D eigenvalue weighted by Crippen LogP contribution is 2.39. The highest BCUT2D eigenvalue weighted by Gasteiger charge is 2.35. The van der Waals surface area contributed by atoms with Crippen LogP contribution in [0.2, 0.25) is 0 Å². The van der Waals surface area contributed by atoms with Crippen molar-refractivity contribution in [3.63, 3.8) is 0 Å². The van der Waals surface area contributed by atoms with Crippen LogP contribution in [0, 0.1) is 0 Å². The summed E-state index contributed by atoms with van der Waals surface area (Å²) in [5, 5.41) is 0. The molecule has 0 atom stereocenters. The summed E-state index contributed by atoms with van der Waals surface area (Å²) in [5.74, 6) is 0.757. The Hall–Kier alpha value is -3.86. The molecule has 1 saturated heterocycles. The zero-order valence-corrected chi connectivity index (χ0v) is 18.6. The summed E-state index contributed by atoms with van der Waals surface area (Å²) in [4.78, 5) is 22.7. The first-order chi connectivity index (χ1) is 16.9. The Bertz CT molecular complexity index is 1290. The zero-order chi connectivity index (χ0) is 24.4. The topological polar surface area (TPSA) is 85.1 Å². The zero-order valence-electron chi connectivity index (χ0n) is 18.6. The van der Waals surface area contributed by atoms with E-state index in [1.807, 2.05) is 23.2 Å². The summed E-state index contributed by atoms with van der Waals surface area (Å²) >= 11 is 0. The highest BCUT2D eigenvalue weighted by molar-refractivity contribution is 5.70. The molecule has 1 aromatic carbocycles. The number of aryl methyl sites for hydroxylation is 1. The molecule has 5 rings (SSSR count). The van der Waals surface area contributed by atoms with Crippen LogP contribution < -0.4 is 9.64 Å². The molecule has 2 aliphatic rings. The van der Waals surface area contributed by atoms with Crippen LogP contribution in [0.1, 0.15) is 17.5 Å². The first-order valence-electron chi connectivity index (χ1n) is 11.0. The molecule has 0 bridgehead atoms. The lowest BCUT2D eigenvalue weighted by atomic mass is 10.1. The van der Waals surface area contributed by atoms with E-state index in [9.17, 15) is 13.2 Å². The van der Waals surface area contributed by atoms with Crippen molar-refractivity contribution >= 4 is 30.4 Å². The van der Waals surface area contributed by atoms with Crippen molar-refractivity contribution in [2.24, 2.45) is 9.98 Å². The summed E-state index contributed by atoms with van der Waals surface area (Å²) in [6, 6.07) is 7.70. The molecule has 0 amide bonds. The number of alkyl halides is 3. The lowest BCUT2D eigenvalue weighted by Gasteiger charge is -2.27. The van der Waals surface area contributed by atoms with Gasteiger partial charge >= 0.3 is 6.18 Å². The molecule has 0 saturated carbocycles. The third-order valence-corrected chi connectivity index (χ3v) is 5.66. The van der Waals surface area contributed by atoms with E-state index in [1.54, 1.807) is 6.07 Å². The fraction of sp³-hybridized carbons (Fsp3) is 0.292. The summed E-state index contributed by atoms with van der Waals surface area (Å²) in [6.45, 7) is 5.20. The van der Waals surface area contributed by atoms with Gasteiger partial charge in [0.1, 0.15) is 5.75 Å². The van der Waals surface area contributed by atoms with Crippen molar-refractivity contribution in [2.75, 3.05) is 31.2 Å². The van der Waals surface area contributed by atoms with Crippen molar-refractivity contribution in [2.45, 2.75) is 19.0 Å². The maximum absolute atomic E-state index is 13.9. The Morgan fingerprint density at radius 2 is 1.91 bits per heavy atom. The number of hydrogen-bond donors (Lipinski definition) is 0. The lowest BCUT2D eigenvalue weighted by molar-refractivity contribution is -0.137. The average molecular weight is 482 g/mol. The SMILES string of the molecule is C=Nc1cc(C(F)(F)F)c(-c2cc(Oc3ccc4c(c3)CCC=N4)nc(N3CCOCC3)n2)cn1. The number of anilines is 1. The number of fused-ring (bicyclic) bond motifs is 1. The first-order valence-corrected chi connectivity index (χ1v) is 11.0. The molecule has 0 unspecified atom stereocenters. The summed E-state index contributed by atoms with van der Waals surface area (Å²) < 4.78 is 53.1. The van der Waals surface area contributed by atoms with Crippen molar-refractivity contribution in [1.29, 1.82) is 0 Å². The minimum Gasteiger partial charge on any atom is -0.439 e. The molecule has 0 aliphatic carbocycles. The number of morpholine rings is 1. The third-order valence-electron chi connectivity index (χ3n) is 5.66. The van der Waals surface area contributed by atoms with Gasteiger partial charge in [0.05, 0.1) is 30.2 Å². The second kappa shape index (κ2) is 9.41. The van der Waals surface area contributed by atoms with E-state index in [0.717, 1.165) is 36.4 Å². The Kier molecular flexibility index (Phi) is 6.16. The van der Waals surface area contributed by atoms with E-state index < -0.39 is 11.7 Å². The smallest absolute Gasteiger partial charge is 0.417 e. The second-order valence-electron chi connectivity index (χ2n) is 7.98. The quantitative estimate of drug-likeness (QED) is 0.467. The van der Waals surface area contributed by atoms with Gasteiger partial charge in [0.15, 0.2) is 5.82 Å². The number of pyridine rings is 1. The maximum atomic E-state index is 13.9. The third kappa shape index (κ3) is 4.99. The molecule has 180 valence electrons. The van der Waals surface area contributed by atoms with Gasteiger partial charge in [-0.2, -0.15) is 18.2 Å². The summed E-state index contributed by atoms with van der Waals surface area (Å²) in [6.07, 6.45) is -0.0270. The number of aromatic nitrogens is 3. The number of halogens is 3. The van der Waals surface area contributed by atoms with Gasteiger partial charge in [-0.1, -0.05) is 0 Å². The molecule has 3 aromatic rings. The molecule has 11 heteroatoms. The number of hydrogen-bond acceptors (Lipinski definition) is 8. The van der Waals surface area contributed by atoms with E-state index in [2.05, 4.69) is 31.7 Å². The van der Waals surface area contributed by atoms with Crippen molar-refractivity contribution in [1.82, 2.24) is 15.0 Å². The molecule has 1 fully saturated rings. The van der Waals surface area contributed by atoms with Crippen LogP contribution in [0.4, 0.5) is 30.6 Å². The van der Waals surface area contributed by atoms with Crippen LogP contribution in [0.5, 0.6) is 11.6 Å². The van der Waals surface area contributed by atoms with Crippen LogP contribution >= 0.6 is 0 Å². The second-order valence-corrected chi connectivity index (χ2v) is 7.98. The molecule has 2 aliphatic heterocycles.